The van der Waals surface area contributed by atoms with Crippen molar-refractivity contribution in [2.24, 2.45) is 34.5 Å². The molecular weight excluding hydrogens is 440 g/mol. The first kappa shape index (κ1) is 26.1. The van der Waals surface area contributed by atoms with Crippen molar-refractivity contribution in [2.75, 3.05) is 6.61 Å². The van der Waals surface area contributed by atoms with Gasteiger partial charge >= 0.3 is 0 Å². The molecular formula is C34H50O2. The summed E-state index contributed by atoms with van der Waals surface area (Å²) in [6, 6.07) is 7.99. The summed E-state index contributed by atoms with van der Waals surface area (Å²) in [6.45, 7) is 11.8. The van der Waals surface area contributed by atoms with Gasteiger partial charge in [0.05, 0.1) is 12.2 Å². The maximum absolute atomic E-state index is 10.4. The van der Waals surface area contributed by atoms with E-state index >= 15 is 0 Å². The molecule has 198 valence electrons. The Balaban J connectivity index is 1.23. The Labute approximate surface area is 220 Å². The van der Waals surface area contributed by atoms with Crippen LogP contribution in [0.5, 0.6) is 5.75 Å². The normalized spacial score (nSPS) is 34.7. The van der Waals surface area contributed by atoms with Crippen molar-refractivity contribution in [1.82, 2.24) is 0 Å². The van der Waals surface area contributed by atoms with Gasteiger partial charge in [0.25, 0.3) is 0 Å². The highest BCUT2D eigenvalue weighted by molar-refractivity contribution is 5.32. The summed E-state index contributed by atoms with van der Waals surface area (Å²) in [4.78, 5) is 0. The Morgan fingerprint density at radius 2 is 1.92 bits per heavy atom. The highest BCUT2D eigenvalue weighted by Gasteiger charge is 2.51. The van der Waals surface area contributed by atoms with Crippen LogP contribution in [0, 0.1) is 34.5 Å². The molecule has 0 radical (unpaired) electrons. The first-order valence-corrected chi connectivity index (χ1v) is 15.0. The third kappa shape index (κ3) is 5.09. The molecule has 2 heteroatoms. The van der Waals surface area contributed by atoms with Crippen molar-refractivity contribution in [3.8, 4) is 5.75 Å². The molecule has 4 aliphatic rings. The van der Waals surface area contributed by atoms with Gasteiger partial charge in [0.1, 0.15) is 5.75 Å². The molecule has 5 rings (SSSR count). The van der Waals surface area contributed by atoms with Crippen LogP contribution < -0.4 is 4.74 Å². The lowest BCUT2D eigenvalue weighted by atomic mass is 9.61. The van der Waals surface area contributed by atoms with Gasteiger partial charge in [0.15, 0.2) is 0 Å². The van der Waals surface area contributed by atoms with E-state index in [1.807, 2.05) is 38.1 Å². The summed E-state index contributed by atoms with van der Waals surface area (Å²) >= 11 is 0. The maximum atomic E-state index is 10.4. The predicted molar refractivity (Wildman–Crippen MR) is 150 cm³/mol. The Hall–Kier alpha value is -1.54. The molecule has 0 saturated heterocycles. The zero-order valence-corrected chi connectivity index (χ0v) is 23.6. The standard InChI is InChI=1S/C34H50O2/c1-6-27-21-25(16-18-34(27)19-20-34)12-13-26-9-8-17-33(5)30(14-15-31(26)33)24(2)23-36-29-11-7-10-28(22-29)32(3,4)35/h7,10-13,22,24,27,30-31,35H,6,8-9,14-21,23H2,1-5H3. The van der Waals surface area contributed by atoms with E-state index in [9.17, 15) is 5.11 Å². The van der Waals surface area contributed by atoms with Crippen LogP contribution in [-0.4, -0.2) is 11.7 Å². The van der Waals surface area contributed by atoms with Gasteiger partial charge in [-0.3, -0.25) is 0 Å². The number of ether oxygens (including phenoxy) is 1. The third-order valence-corrected chi connectivity index (χ3v) is 11.0. The second-order valence-electron chi connectivity index (χ2n) is 13.7. The van der Waals surface area contributed by atoms with Gasteiger partial charge in [-0.25, -0.2) is 0 Å². The number of hydrogen-bond donors (Lipinski definition) is 1. The van der Waals surface area contributed by atoms with Gasteiger partial charge in [0.2, 0.25) is 0 Å². The van der Waals surface area contributed by atoms with Gasteiger partial charge in [-0.1, -0.05) is 62.6 Å². The molecule has 1 aromatic carbocycles. The topological polar surface area (TPSA) is 29.5 Å². The fourth-order valence-electron chi connectivity index (χ4n) is 8.55. The summed E-state index contributed by atoms with van der Waals surface area (Å²) in [5.74, 6) is 3.80. The van der Waals surface area contributed by atoms with Crippen molar-refractivity contribution >= 4 is 0 Å². The van der Waals surface area contributed by atoms with E-state index in [0.717, 1.165) is 35.2 Å². The van der Waals surface area contributed by atoms with Gasteiger partial charge in [-0.05, 0) is 130 Å². The van der Waals surface area contributed by atoms with E-state index in [1.54, 1.807) is 11.1 Å². The quantitative estimate of drug-likeness (QED) is 0.413. The zero-order valence-electron chi connectivity index (χ0n) is 23.6. The van der Waals surface area contributed by atoms with Crippen molar-refractivity contribution in [3.05, 3.63) is 53.1 Å². The molecule has 1 N–H and O–H groups in total. The Morgan fingerprint density at radius 3 is 2.64 bits per heavy atom. The number of allylic oxidation sites excluding steroid dienone is 4. The first-order chi connectivity index (χ1) is 17.1. The number of aliphatic hydroxyl groups is 1. The van der Waals surface area contributed by atoms with Gasteiger partial charge < -0.3 is 9.84 Å². The van der Waals surface area contributed by atoms with Gasteiger partial charge in [-0.2, -0.15) is 0 Å². The molecule has 5 unspecified atom stereocenters. The number of rotatable bonds is 7. The van der Waals surface area contributed by atoms with E-state index in [0.29, 0.717) is 17.3 Å². The Kier molecular flexibility index (Phi) is 7.22. The number of fused-ring (bicyclic) bond motifs is 1. The van der Waals surface area contributed by atoms with E-state index < -0.39 is 5.60 Å². The van der Waals surface area contributed by atoms with Crippen molar-refractivity contribution < 1.29 is 9.84 Å². The Bertz CT molecular complexity index is 991. The van der Waals surface area contributed by atoms with Crippen molar-refractivity contribution in [2.45, 2.75) is 111 Å². The summed E-state index contributed by atoms with van der Waals surface area (Å²) < 4.78 is 6.30. The molecule has 0 amide bonds. The van der Waals surface area contributed by atoms with Crippen LogP contribution in [0.1, 0.15) is 111 Å². The SMILES string of the molecule is CCC1CC(=CC=C2CCCC3(C)C2CCC3C(C)COc2cccc(C(C)(C)O)c2)CCC12CC2. The summed E-state index contributed by atoms with van der Waals surface area (Å²) in [5.41, 5.74) is 4.68. The minimum atomic E-state index is -0.842. The molecule has 1 aromatic rings. The van der Waals surface area contributed by atoms with Crippen LogP contribution in [0.2, 0.25) is 0 Å². The average molecular weight is 491 g/mol. The fraction of sp³-hybridized carbons (Fsp3) is 0.706. The molecule has 0 aromatic heterocycles. The third-order valence-electron chi connectivity index (χ3n) is 11.0. The Morgan fingerprint density at radius 1 is 1.11 bits per heavy atom. The van der Waals surface area contributed by atoms with Crippen LogP contribution in [0.4, 0.5) is 0 Å². The number of hydrogen-bond acceptors (Lipinski definition) is 2. The highest BCUT2D eigenvalue weighted by atomic mass is 16.5. The smallest absolute Gasteiger partial charge is 0.119 e. The fourth-order valence-corrected chi connectivity index (χ4v) is 8.55. The molecule has 2 nitrogen and oxygen atoms in total. The summed E-state index contributed by atoms with van der Waals surface area (Å²) in [5, 5.41) is 10.4. The molecule has 4 fully saturated rings. The molecule has 0 heterocycles. The summed E-state index contributed by atoms with van der Waals surface area (Å²) in [6.07, 6.45) is 20.3. The lowest BCUT2D eigenvalue weighted by Gasteiger charge is -2.44. The lowest BCUT2D eigenvalue weighted by Crippen LogP contribution is -2.37. The lowest BCUT2D eigenvalue weighted by molar-refractivity contribution is 0.0727. The molecule has 0 aliphatic heterocycles. The minimum absolute atomic E-state index is 0.400. The molecule has 5 atom stereocenters. The van der Waals surface area contributed by atoms with Gasteiger partial charge in [0, 0.05) is 0 Å². The van der Waals surface area contributed by atoms with E-state index in [-0.39, 0.29) is 0 Å². The largest absolute Gasteiger partial charge is 0.493 e. The van der Waals surface area contributed by atoms with Crippen LogP contribution in [0.3, 0.4) is 0 Å². The molecule has 4 aliphatic carbocycles. The van der Waals surface area contributed by atoms with Crippen molar-refractivity contribution in [1.29, 1.82) is 0 Å². The van der Waals surface area contributed by atoms with E-state index in [1.165, 1.54) is 70.6 Å². The highest BCUT2D eigenvalue weighted by Crippen LogP contribution is 2.62. The molecule has 1 spiro atoms. The minimum Gasteiger partial charge on any atom is -0.493 e. The zero-order chi connectivity index (χ0) is 25.6. The monoisotopic (exact) mass is 490 g/mol. The van der Waals surface area contributed by atoms with Crippen LogP contribution >= 0.6 is 0 Å². The average Bonchev–Trinajstić information content (AvgIpc) is 3.53. The summed E-state index contributed by atoms with van der Waals surface area (Å²) in [7, 11) is 0. The molecule has 36 heavy (non-hydrogen) atoms. The van der Waals surface area contributed by atoms with Gasteiger partial charge in [-0.15, -0.1) is 0 Å². The van der Waals surface area contributed by atoms with Crippen molar-refractivity contribution in [3.63, 3.8) is 0 Å². The molecule has 0 bridgehead atoms. The van der Waals surface area contributed by atoms with E-state index in [2.05, 4.69) is 32.9 Å². The van der Waals surface area contributed by atoms with Crippen LogP contribution in [0.15, 0.2) is 47.6 Å². The van der Waals surface area contributed by atoms with Crippen LogP contribution in [0.25, 0.3) is 0 Å². The number of benzene rings is 1. The van der Waals surface area contributed by atoms with E-state index in [4.69, 9.17) is 4.74 Å². The second kappa shape index (κ2) is 9.97. The van der Waals surface area contributed by atoms with Crippen LogP contribution in [-0.2, 0) is 5.60 Å². The predicted octanol–water partition coefficient (Wildman–Crippen LogP) is 8.99. The molecule has 4 saturated carbocycles. The second-order valence-corrected chi connectivity index (χ2v) is 13.7. The first-order valence-electron chi connectivity index (χ1n) is 15.0. The maximum Gasteiger partial charge on any atom is 0.119 e.